The Kier molecular flexibility index (Phi) is 4.02. The predicted molar refractivity (Wildman–Crippen MR) is 94.2 cm³/mol. The van der Waals surface area contributed by atoms with E-state index in [4.69, 9.17) is 0 Å². The van der Waals surface area contributed by atoms with Gasteiger partial charge in [0, 0.05) is 19.0 Å². The normalized spacial score (nSPS) is 10.7. The number of aromatic nitrogens is 2. The van der Waals surface area contributed by atoms with Crippen LogP contribution in [0.3, 0.4) is 0 Å². The molecule has 2 aromatic carbocycles. The van der Waals surface area contributed by atoms with Crippen molar-refractivity contribution in [1.29, 1.82) is 0 Å². The molecule has 0 aliphatic carbocycles. The molecule has 23 heavy (non-hydrogen) atoms. The highest BCUT2D eigenvalue weighted by Gasteiger charge is 2.16. The smallest absolute Gasteiger partial charge is 0.276 e. The van der Waals surface area contributed by atoms with Crippen LogP contribution in [0.15, 0.2) is 42.5 Å². The third-order valence-electron chi connectivity index (χ3n) is 3.97. The number of nitrogens with one attached hydrogen (secondary N) is 2. The van der Waals surface area contributed by atoms with Gasteiger partial charge in [-0.2, -0.15) is 5.10 Å². The van der Waals surface area contributed by atoms with Crippen LogP contribution in [0.5, 0.6) is 0 Å². The van der Waals surface area contributed by atoms with E-state index in [-0.39, 0.29) is 5.91 Å². The maximum Gasteiger partial charge on any atom is 0.276 e. The van der Waals surface area contributed by atoms with Gasteiger partial charge in [-0.05, 0) is 38.1 Å². The molecule has 1 aromatic heterocycles. The van der Waals surface area contributed by atoms with E-state index >= 15 is 0 Å². The van der Waals surface area contributed by atoms with Gasteiger partial charge in [-0.15, -0.1) is 0 Å². The summed E-state index contributed by atoms with van der Waals surface area (Å²) in [6, 6.07) is 13.7. The molecule has 2 N–H and O–H groups in total. The molecule has 3 aromatic rings. The number of carbonyl (C=O) groups excluding carboxylic acids is 1. The zero-order chi connectivity index (χ0) is 16.4. The fourth-order valence-electron chi connectivity index (χ4n) is 2.57. The Balaban J connectivity index is 1.94. The first-order valence-corrected chi connectivity index (χ1v) is 7.66. The van der Waals surface area contributed by atoms with Crippen molar-refractivity contribution < 1.29 is 4.79 Å². The first-order chi connectivity index (χ1) is 11.1. The number of rotatable bonds is 4. The fraction of sp³-hybridized carbons (Fsp3) is 0.222. The second-order valence-corrected chi connectivity index (χ2v) is 5.61. The van der Waals surface area contributed by atoms with Crippen LogP contribution >= 0.6 is 0 Å². The molecule has 0 aliphatic rings. The molecule has 1 amide bonds. The van der Waals surface area contributed by atoms with E-state index < -0.39 is 0 Å². The highest BCUT2D eigenvalue weighted by atomic mass is 16.1. The van der Waals surface area contributed by atoms with Crippen molar-refractivity contribution in [2.75, 3.05) is 23.8 Å². The third kappa shape index (κ3) is 2.90. The number of aryl methyl sites for hydroxylation is 1. The van der Waals surface area contributed by atoms with Crippen LogP contribution in [0.1, 0.15) is 23.0 Å². The zero-order valence-electron chi connectivity index (χ0n) is 13.6. The maximum atomic E-state index is 12.7. The molecule has 3 rings (SSSR count). The number of hydrogen-bond donors (Lipinski definition) is 2. The summed E-state index contributed by atoms with van der Waals surface area (Å²) >= 11 is 0. The lowest BCUT2D eigenvalue weighted by molar-refractivity contribution is 0.102. The van der Waals surface area contributed by atoms with Crippen molar-refractivity contribution in [3.8, 4) is 0 Å². The van der Waals surface area contributed by atoms with Crippen molar-refractivity contribution in [3.63, 3.8) is 0 Å². The number of fused-ring (bicyclic) bond motifs is 1. The van der Waals surface area contributed by atoms with Gasteiger partial charge in [0.2, 0.25) is 0 Å². The highest BCUT2D eigenvalue weighted by molar-refractivity contribution is 6.12. The number of H-pyrrole nitrogens is 1. The molecule has 5 heteroatoms. The lowest BCUT2D eigenvalue weighted by atomic mass is 10.1. The van der Waals surface area contributed by atoms with E-state index in [1.54, 1.807) is 0 Å². The molecular formula is C18H20N4O. The Morgan fingerprint density at radius 3 is 2.83 bits per heavy atom. The van der Waals surface area contributed by atoms with Gasteiger partial charge >= 0.3 is 0 Å². The Morgan fingerprint density at radius 1 is 1.26 bits per heavy atom. The molecule has 0 spiro atoms. The number of para-hydroxylation sites is 2. The van der Waals surface area contributed by atoms with Gasteiger partial charge in [0.1, 0.15) is 0 Å². The summed E-state index contributed by atoms with van der Waals surface area (Å²) in [7, 11) is 2.00. The van der Waals surface area contributed by atoms with Gasteiger partial charge in [0.05, 0.1) is 16.9 Å². The summed E-state index contributed by atoms with van der Waals surface area (Å²) in [6.45, 7) is 4.93. The van der Waals surface area contributed by atoms with E-state index in [9.17, 15) is 4.79 Å². The third-order valence-corrected chi connectivity index (χ3v) is 3.97. The summed E-state index contributed by atoms with van der Waals surface area (Å²) in [5.41, 5.74) is 4.14. The van der Waals surface area contributed by atoms with Crippen LogP contribution in [0, 0.1) is 6.92 Å². The van der Waals surface area contributed by atoms with Gasteiger partial charge in [-0.25, -0.2) is 0 Å². The lowest BCUT2D eigenvalue weighted by Crippen LogP contribution is -2.20. The molecule has 0 saturated carbocycles. The van der Waals surface area contributed by atoms with Crippen molar-refractivity contribution in [2.24, 2.45) is 0 Å². The maximum absolute atomic E-state index is 12.7. The predicted octanol–water partition coefficient (Wildman–Crippen LogP) is 3.58. The number of amides is 1. The standard InChI is InChI=1S/C18H20N4O/c1-4-22(3)16-8-6-5-7-15(16)19-18(23)17-13-11-12(2)9-10-14(13)20-21-17/h5-11H,4H2,1-3H3,(H,19,23)(H,20,21). The quantitative estimate of drug-likeness (QED) is 0.774. The second kappa shape index (κ2) is 6.12. The van der Waals surface area contributed by atoms with Crippen molar-refractivity contribution in [3.05, 3.63) is 53.7 Å². The molecule has 118 valence electrons. The molecule has 5 nitrogen and oxygen atoms in total. The molecule has 0 unspecified atom stereocenters. The molecule has 0 aliphatic heterocycles. The highest BCUT2D eigenvalue weighted by Crippen LogP contribution is 2.26. The van der Waals surface area contributed by atoms with Crippen LogP contribution in [-0.2, 0) is 0 Å². The lowest BCUT2D eigenvalue weighted by Gasteiger charge is -2.20. The largest absolute Gasteiger partial charge is 0.373 e. The van der Waals surface area contributed by atoms with Gasteiger partial charge in [-0.1, -0.05) is 23.8 Å². The SMILES string of the molecule is CCN(C)c1ccccc1NC(=O)c1n[nH]c2ccc(C)cc12. The minimum absolute atomic E-state index is 0.209. The van der Waals surface area contributed by atoms with Crippen LogP contribution < -0.4 is 10.2 Å². The van der Waals surface area contributed by atoms with Crippen LogP contribution in [0.25, 0.3) is 10.9 Å². The summed E-state index contributed by atoms with van der Waals surface area (Å²) in [4.78, 5) is 14.7. The molecule has 0 radical (unpaired) electrons. The average Bonchev–Trinajstić information content (AvgIpc) is 2.97. The number of hydrogen-bond acceptors (Lipinski definition) is 3. The van der Waals surface area contributed by atoms with Gasteiger partial charge in [-0.3, -0.25) is 9.89 Å². The van der Waals surface area contributed by atoms with Crippen LogP contribution in [0.2, 0.25) is 0 Å². The number of benzene rings is 2. The van der Waals surface area contributed by atoms with E-state index in [1.807, 2.05) is 56.4 Å². The summed E-state index contributed by atoms with van der Waals surface area (Å²) in [6.07, 6.45) is 0. The molecule has 1 heterocycles. The molecule has 0 fully saturated rings. The van der Waals surface area contributed by atoms with E-state index in [2.05, 4.69) is 27.3 Å². The minimum atomic E-state index is -0.209. The Bertz CT molecular complexity index is 853. The molecule has 0 saturated heterocycles. The van der Waals surface area contributed by atoms with Gasteiger partial charge in [0.15, 0.2) is 5.69 Å². The van der Waals surface area contributed by atoms with Crippen LogP contribution in [0.4, 0.5) is 11.4 Å². The van der Waals surface area contributed by atoms with E-state index in [0.717, 1.165) is 34.4 Å². The number of nitrogens with zero attached hydrogens (tertiary/aromatic N) is 2. The zero-order valence-corrected chi connectivity index (χ0v) is 13.6. The Labute approximate surface area is 135 Å². The summed E-state index contributed by atoms with van der Waals surface area (Å²) in [5.74, 6) is -0.209. The Hall–Kier alpha value is -2.82. The van der Waals surface area contributed by atoms with Crippen molar-refractivity contribution in [1.82, 2.24) is 10.2 Å². The van der Waals surface area contributed by atoms with Crippen molar-refractivity contribution in [2.45, 2.75) is 13.8 Å². The number of anilines is 2. The van der Waals surface area contributed by atoms with Gasteiger partial charge < -0.3 is 10.2 Å². The average molecular weight is 308 g/mol. The Morgan fingerprint density at radius 2 is 2.04 bits per heavy atom. The topological polar surface area (TPSA) is 61.0 Å². The van der Waals surface area contributed by atoms with Gasteiger partial charge in [0.25, 0.3) is 5.91 Å². The minimum Gasteiger partial charge on any atom is -0.373 e. The number of aromatic amines is 1. The molecule has 0 bridgehead atoms. The summed E-state index contributed by atoms with van der Waals surface area (Å²) < 4.78 is 0. The monoisotopic (exact) mass is 308 g/mol. The summed E-state index contributed by atoms with van der Waals surface area (Å²) in [5, 5.41) is 10.9. The van der Waals surface area contributed by atoms with E-state index in [1.165, 1.54) is 0 Å². The molecule has 0 atom stereocenters. The van der Waals surface area contributed by atoms with Crippen molar-refractivity contribution >= 4 is 28.2 Å². The van der Waals surface area contributed by atoms with Crippen LogP contribution in [-0.4, -0.2) is 29.7 Å². The molecular weight excluding hydrogens is 288 g/mol. The fourth-order valence-corrected chi connectivity index (χ4v) is 2.57. The first-order valence-electron chi connectivity index (χ1n) is 7.66. The first kappa shape index (κ1) is 15.1. The second-order valence-electron chi connectivity index (χ2n) is 5.61. The van der Waals surface area contributed by atoms with E-state index in [0.29, 0.717) is 5.69 Å². The number of carbonyl (C=O) groups is 1.